The van der Waals surface area contributed by atoms with Crippen LogP contribution >= 0.6 is 0 Å². The SMILES string of the molecule is COCc1ccccc1CNC(=O)c1ccc2c(c1)Cc1cccc(c1)CNCCOCCO2. The normalized spacial score (nSPS) is 14.4. The van der Waals surface area contributed by atoms with Crippen molar-refractivity contribution in [3.8, 4) is 5.75 Å². The smallest absolute Gasteiger partial charge is 0.251 e. The Kier molecular flexibility index (Phi) is 8.68. The summed E-state index contributed by atoms with van der Waals surface area (Å²) in [4.78, 5) is 13.0. The van der Waals surface area contributed by atoms with Gasteiger partial charge in [0.15, 0.2) is 0 Å². The lowest BCUT2D eigenvalue weighted by atomic mass is 9.99. The van der Waals surface area contributed by atoms with Gasteiger partial charge in [0.2, 0.25) is 0 Å². The number of benzene rings is 3. The van der Waals surface area contributed by atoms with Crippen molar-refractivity contribution in [3.63, 3.8) is 0 Å². The highest BCUT2D eigenvalue weighted by atomic mass is 16.5. The summed E-state index contributed by atoms with van der Waals surface area (Å²) in [5.41, 5.74) is 6.12. The van der Waals surface area contributed by atoms with Crippen molar-refractivity contribution < 1.29 is 19.0 Å². The minimum atomic E-state index is -0.115. The van der Waals surface area contributed by atoms with Crippen LogP contribution < -0.4 is 15.4 Å². The van der Waals surface area contributed by atoms with E-state index in [2.05, 4.69) is 34.9 Å². The highest BCUT2D eigenvalue weighted by Gasteiger charge is 2.13. The van der Waals surface area contributed by atoms with Crippen molar-refractivity contribution in [1.82, 2.24) is 10.6 Å². The first-order valence-electron chi connectivity index (χ1n) is 11.7. The Labute approximate surface area is 201 Å². The molecule has 4 rings (SSSR count). The fourth-order valence-electron chi connectivity index (χ4n) is 4.06. The van der Waals surface area contributed by atoms with E-state index in [0.717, 1.165) is 35.5 Å². The van der Waals surface area contributed by atoms with E-state index in [1.54, 1.807) is 7.11 Å². The van der Waals surface area contributed by atoms with Gasteiger partial charge in [-0.3, -0.25) is 4.79 Å². The Balaban J connectivity index is 1.53. The van der Waals surface area contributed by atoms with Crippen LogP contribution in [0.5, 0.6) is 5.75 Å². The van der Waals surface area contributed by atoms with Gasteiger partial charge in [-0.2, -0.15) is 0 Å². The number of methoxy groups -OCH3 is 1. The molecule has 2 N–H and O–H groups in total. The maximum absolute atomic E-state index is 13.0. The molecule has 178 valence electrons. The quantitative estimate of drug-likeness (QED) is 0.605. The van der Waals surface area contributed by atoms with Crippen molar-refractivity contribution in [1.29, 1.82) is 0 Å². The van der Waals surface area contributed by atoms with Crippen LogP contribution in [0.4, 0.5) is 0 Å². The molecule has 0 unspecified atom stereocenters. The number of fused-ring (bicyclic) bond motifs is 3. The molecule has 2 bridgehead atoms. The molecule has 34 heavy (non-hydrogen) atoms. The van der Waals surface area contributed by atoms with Crippen LogP contribution in [-0.4, -0.2) is 39.4 Å². The molecule has 1 heterocycles. The van der Waals surface area contributed by atoms with Gasteiger partial charge in [-0.25, -0.2) is 0 Å². The molecule has 0 fully saturated rings. The van der Waals surface area contributed by atoms with E-state index in [9.17, 15) is 4.79 Å². The summed E-state index contributed by atoms with van der Waals surface area (Å²) >= 11 is 0. The van der Waals surface area contributed by atoms with Crippen LogP contribution in [0.3, 0.4) is 0 Å². The van der Waals surface area contributed by atoms with Crippen molar-refractivity contribution in [2.75, 3.05) is 33.5 Å². The molecule has 0 aliphatic carbocycles. The van der Waals surface area contributed by atoms with Gasteiger partial charge < -0.3 is 24.8 Å². The van der Waals surface area contributed by atoms with E-state index in [1.807, 2.05) is 42.5 Å². The number of carbonyl (C=O) groups is 1. The fourth-order valence-corrected chi connectivity index (χ4v) is 4.06. The van der Waals surface area contributed by atoms with E-state index in [0.29, 0.717) is 45.0 Å². The highest BCUT2D eigenvalue weighted by Crippen LogP contribution is 2.24. The molecule has 0 saturated heterocycles. The molecule has 0 atom stereocenters. The van der Waals surface area contributed by atoms with Crippen LogP contribution in [0.1, 0.15) is 38.2 Å². The number of hydrogen-bond donors (Lipinski definition) is 2. The van der Waals surface area contributed by atoms with Crippen LogP contribution in [0.25, 0.3) is 0 Å². The molecule has 6 nitrogen and oxygen atoms in total. The number of amides is 1. The standard InChI is InChI=1S/C28H32N2O4/c1-32-20-25-8-3-2-7-24(25)19-30-28(31)23-9-10-27-26(17-23)16-21-5-4-6-22(15-21)18-29-11-12-33-13-14-34-27/h2-10,15,17,29H,11-14,16,18-20H2,1H3,(H,30,31). The molecule has 0 saturated carbocycles. The van der Waals surface area contributed by atoms with E-state index in [4.69, 9.17) is 14.2 Å². The number of hydrogen-bond acceptors (Lipinski definition) is 5. The monoisotopic (exact) mass is 460 g/mol. The van der Waals surface area contributed by atoms with Gasteiger partial charge >= 0.3 is 0 Å². The maximum Gasteiger partial charge on any atom is 0.251 e. The van der Waals surface area contributed by atoms with Crippen molar-refractivity contribution in [3.05, 3.63) is 100 Å². The van der Waals surface area contributed by atoms with E-state index >= 15 is 0 Å². The lowest BCUT2D eigenvalue weighted by molar-refractivity contribution is 0.0949. The van der Waals surface area contributed by atoms with E-state index in [1.165, 1.54) is 11.1 Å². The second-order valence-corrected chi connectivity index (χ2v) is 8.34. The van der Waals surface area contributed by atoms with Gasteiger partial charge in [-0.15, -0.1) is 0 Å². The van der Waals surface area contributed by atoms with Crippen molar-refractivity contribution >= 4 is 5.91 Å². The second-order valence-electron chi connectivity index (χ2n) is 8.34. The molecule has 0 spiro atoms. The van der Waals surface area contributed by atoms with Crippen LogP contribution in [0.15, 0.2) is 66.7 Å². The van der Waals surface area contributed by atoms with E-state index < -0.39 is 0 Å². The summed E-state index contributed by atoms with van der Waals surface area (Å²) < 4.78 is 16.9. The third kappa shape index (κ3) is 6.67. The van der Waals surface area contributed by atoms with Crippen molar-refractivity contribution in [2.24, 2.45) is 0 Å². The number of nitrogens with one attached hydrogen (secondary N) is 2. The van der Waals surface area contributed by atoms with Gasteiger partial charge in [-0.05, 0) is 46.0 Å². The first-order chi connectivity index (χ1) is 16.7. The van der Waals surface area contributed by atoms with Crippen LogP contribution in [0.2, 0.25) is 0 Å². The maximum atomic E-state index is 13.0. The Morgan fingerprint density at radius 1 is 0.971 bits per heavy atom. The second kappa shape index (κ2) is 12.3. The predicted molar refractivity (Wildman–Crippen MR) is 132 cm³/mol. The third-order valence-electron chi connectivity index (χ3n) is 5.80. The largest absolute Gasteiger partial charge is 0.491 e. The minimum Gasteiger partial charge on any atom is -0.491 e. The lowest BCUT2D eigenvalue weighted by Gasteiger charge is -2.16. The van der Waals surface area contributed by atoms with Gasteiger partial charge in [-0.1, -0.05) is 48.5 Å². The molecule has 0 radical (unpaired) electrons. The first-order valence-corrected chi connectivity index (χ1v) is 11.7. The zero-order valence-corrected chi connectivity index (χ0v) is 19.6. The van der Waals surface area contributed by atoms with Crippen molar-refractivity contribution in [2.45, 2.75) is 26.1 Å². The molecule has 1 aliphatic rings. The zero-order valence-electron chi connectivity index (χ0n) is 19.6. The van der Waals surface area contributed by atoms with E-state index in [-0.39, 0.29) is 5.91 Å². The Morgan fingerprint density at radius 2 is 1.82 bits per heavy atom. The summed E-state index contributed by atoms with van der Waals surface area (Å²) in [6, 6.07) is 22.1. The molecular weight excluding hydrogens is 428 g/mol. The molecule has 6 heteroatoms. The highest BCUT2D eigenvalue weighted by molar-refractivity contribution is 5.94. The topological polar surface area (TPSA) is 68.8 Å². The van der Waals surface area contributed by atoms with Crippen LogP contribution in [-0.2, 0) is 35.6 Å². The number of rotatable bonds is 5. The van der Waals surface area contributed by atoms with Gasteiger partial charge in [0.05, 0.1) is 19.8 Å². The van der Waals surface area contributed by atoms with Gasteiger partial charge in [0, 0.05) is 38.7 Å². The van der Waals surface area contributed by atoms with Gasteiger partial charge in [0.25, 0.3) is 5.91 Å². The summed E-state index contributed by atoms with van der Waals surface area (Å²) in [6.07, 6.45) is 0.682. The fraction of sp³-hybridized carbons (Fsp3) is 0.321. The molecule has 0 aromatic heterocycles. The lowest BCUT2D eigenvalue weighted by Crippen LogP contribution is -2.24. The Bertz CT molecular complexity index is 1100. The Hall–Kier alpha value is -3.19. The minimum absolute atomic E-state index is 0.115. The summed E-state index contributed by atoms with van der Waals surface area (Å²) in [7, 11) is 1.67. The molecule has 3 aromatic rings. The zero-order chi connectivity index (χ0) is 23.6. The summed E-state index contributed by atoms with van der Waals surface area (Å²) in [6.45, 7) is 4.19. The predicted octanol–water partition coefficient (Wildman–Crippen LogP) is 3.85. The Morgan fingerprint density at radius 3 is 2.71 bits per heavy atom. The van der Waals surface area contributed by atoms with Gasteiger partial charge in [0.1, 0.15) is 12.4 Å². The number of ether oxygens (including phenoxy) is 3. The average molecular weight is 461 g/mol. The molecular formula is C28H32N2O4. The summed E-state index contributed by atoms with van der Waals surface area (Å²) in [5.74, 6) is 0.668. The first kappa shape index (κ1) is 24.0. The number of carbonyl (C=O) groups excluding carboxylic acids is 1. The molecule has 1 aliphatic heterocycles. The third-order valence-corrected chi connectivity index (χ3v) is 5.80. The van der Waals surface area contributed by atoms with Crippen LogP contribution in [0, 0.1) is 0 Å². The summed E-state index contributed by atoms with van der Waals surface area (Å²) in [5, 5.41) is 6.45. The average Bonchev–Trinajstić information content (AvgIpc) is 2.85. The molecule has 1 amide bonds. The molecule has 3 aromatic carbocycles.